The van der Waals surface area contributed by atoms with Crippen molar-refractivity contribution in [1.29, 1.82) is 0 Å². The molecule has 0 atom stereocenters. The summed E-state index contributed by atoms with van der Waals surface area (Å²) in [6, 6.07) is 25.0. The van der Waals surface area contributed by atoms with Crippen molar-refractivity contribution >= 4 is 27.6 Å². The summed E-state index contributed by atoms with van der Waals surface area (Å²) in [6.45, 7) is 0. The van der Waals surface area contributed by atoms with Gasteiger partial charge < -0.3 is 0 Å². The Morgan fingerprint density at radius 3 is 1.73 bits per heavy atom. The van der Waals surface area contributed by atoms with E-state index in [9.17, 15) is 4.79 Å². The fourth-order valence-corrected chi connectivity index (χ4v) is 2.82. The Morgan fingerprint density at radius 2 is 1.14 bits per heavy atom. The number of rotatable bonds is 2. The van der Waals surface area contributed by atoms with E-state index in [0.717, 1.165) is 27.4 Å². The molecule has 0 radical (unpaired) electrons. The first-order chi connectivity index (χ1) is 10.8. The highest BCUT2D eigenvalue weighted by Gasteiger charge is 2.16. The summed E-state index contributed by atoms with van der Waals surface area (Å²) >= 11 is 0. The van der Waals surface area contributed by atoms with Crippen molar-refractivity contribution in [3.63, 3.8) is 0 Å². The first-order valence-electron chi connectivity index (χ1n) is 7.22. The van der Waals surface area contributed by atoms with Crippen molar-refractivity contribution < 1.29 is 4.79 Å². The highest BCUT2D eigenvalue weighted by Crippen LogP contribution is 2.27. The maximum absolute atomic E-state index is 13.0. The summed E-state index contributed by atoms with van der Waals surface area (Å²) in [4.78, 5) is 17.7. The van der Waals surface area contributed by atoms with Crippen LogP contribution in [0, 0.1) is 0 Å². The van der Waals surface area contributed by atoms with Gasteiger partial charge in [-0.3, -0.25) is 4.79 Å². The topological polar surface area (TPSA) is 30.0 Å². The van der Waals surface area contributed by atoms with Crippen LogP contribution < -0.4 is 0 Å². The number of ketones is 1. The third-order valence-corrected chi connectivity index (χ3v) is 3.85. The maximum Gasteiger partial charge on any atom is 0.194 e. The molecular formula is C20H13NO. The van der Waals surface area contributed by atoms with Crippen molar-refractivity contribution in [2.75, 3.05) is 0 Å². The number of hydrogen-bond donors (Lipinski definition) is 0. The highest BCUT2D eigenvalue weighted by molar-refractivity contribution is 6.23. The molecule has 0 unspecified atom stereocenters. The first kappa shape index (κ1) is 12.7. The van der Waals surface area contributed by atoms with Crippen LogP contribution in [-0.2, 0) is 0 Å². The minimum Gasteiger partial charge on any atom is -0.289 e. The largest absolute Gasteiger partial charge is 0.289 e. The van der Waals surface area contributed by atoms with Gasteiger partial charge in [0.25, 0.3) is 0 Å². The van der Waals surface area contributed by atoms with Gasteiger partial charge in [0, 0.05) is 21.9 Å². The standard InChI is InChI=1S/C20H13NO/c22-20(14-8-2-1-3-9-14)19-15-10-4-6-12-17(15)21-18-13-7-5-11-16(18)19/h1-13H. The van der Waals surface area contributed by atoms with Crippen LogP contribution in [0.15, 0.2) is 78.9 Å². The van der Waals surface area contributed by atoms with E-state index < -0.39 is 0 Å². The number of fused-ring (bicyclic) bond motifs is 2. The molecular weight excluding hydrogens is 270 g/mol. The number of pyridine rings is 1. The molecule has 0 amide bonds. The van der Waals surface area contributed by atoms with Gasteiger partial charge in [-0.25, -0.2) is 4.98 Å². The molecule has 104 valence electrons. The van der Waals surface area contributed by atoms with Crippen LogP contribution in [0.1, 0.15) is 15.9 Å². The van der Waals surface area contributed by atoms with Gasteiger partial charge in [-0.05, 0) is 12.1 Å². The Bertz CT molecular complexity index is 936. The fourth-order valence-electron chi connectivity index (χ4n) is 2.82. The lowest BCUT2D eigenvalue weighted by Gasteiger charge is -2.10. The normalized spacial score (nSPS) is 10.9. The van der Waals surface area contributed by atoms with Gasteiger partial charge in [0.05, 0.1) is 11.0 Å². The smallest absolute Gasteiger partial charge is 0.194 e. The van der Waals surface area contributed by atoms with Gasteiger partial charge in [-0.15, -0.1) is 0 Å². The number of carbonyl (C=O) groups excluding carboxylic acids is 1. The van der Waals surface area contributed by atoms with Crippen LogP contribution in [0.25, 0.3) is 21.8 Å². The SMILES string of the molecule is O=C(c1ccccc1)c1c2ccccc2nc2ccccc12. The summed E-state index contributed by atoms with van der Waals surface area (Å²) < 4.78 is 0. The Morgan fingerprint density at radius 1 is 0.636 bits per heavy atom. The Balaban J connectivity index is 2.11. The van der Waals surface area contributed by atoms with E-state index in [0.29, 0.717) is 5.56 Å². The molecule has 0 aliphatic carbocycles. The molecule has 4 aromatic rings. The van der Waals surface area contributed by atoms with Crippen molar-refractivity contribution in [3.05, 3.63) is 90.0 Å². The number of aromatic nitrogens is 1. The fraction of sp³-hybridized carbons (Fsp3) is 0. The number of nitrogens with zero attached hydrogens (tertiary/aromatic N) is 1. The summed E-state index contributed by atoms with van der Waals surface area (Å²) in [5.74, 6) is 0.0374. The Hall–Kier alpha value is -3.00. The van der Waals surface area contributed by atoms with Crippen LogP contribution in [0.4, 0.5) is 0 Å². The van der Waals surface area contributed by atoms with E-state index in [1.165, 1.54) is 0 Å². The van der Waals surface area contributed by atoms with Gasteiger partial charge in [-0.1, -0.05) is 66.7 Å². The Labute approximate surface area is 128 Å². The molecule has 0 fully saturated rings. The number of carbonyl (C=O) groups is 1. The molecule has 0 saturated heterocycles. The molecule has 1 aromatic heterocycles. The molecule has 0 bridgehead atoms. The molecule has 1 heterocycles. The van der Waals surface area contributed by atoms with Crippen LogP contribution in [0.2, 0.25) is 0 Å². The van der Waals surface area contributed by atoms with E-state index in [1.807, 2.05) is 78.9 Å². The van der Waals surface area contributed by atoms with Crippen LogP contribution in [0.5, 0.6) is 0 Å². The maximum atomic E-state index is 13.0. The van der Waals surface area contributed by atoms with Gasteiger partial charge in [0.1, 0.15) is 0 Å². The monoisotopic (exact) mass is 283 g/mol. The molecule has 0 saturated carbocycles. The molecule has 0 spiro atoms. The quantitative estimate of drug-likeness (QED) is 0.397. The first-order valence-corrected chi connectivity index (χ1v) is 7.22. The van der Waals surface area contributed by atoms with E-state index in [4.69, 9.17) is 0 Å². The van der Waals surface area contributed by atoms with Gasteiger partial charge in [-0.2, -0.15) is 0 Å². The zero-order valence-electron chi connectivity index (χ0n) is 11.9. The molecule has 2 nitrogen and oxygen atoms in total. The number of benzene rings is 3. The molecule has 22 heavy (non-hydrogen) atoms. The lowest BCUT2D eigenvalue weighted by molar-refractivity contribution is 0.104. The molecule has 2 heteroatoms. The van der Waals surface area contributed by atoms with Gasteiger partial charge in [0.15, 0.2) is 5.78 Å². The van der Waals surface area contributed by atoms with Crippen molar-refractivity contribution in [2.45, 2.75) is 0 Å². The van der Waals surface area contributed by atoms with Crippen LogP contribution in [-0.4, -0.2) is 10.8 Å². The molecule has 0 N–H and O–H groups in total. The van der Waals surface area contributed by atoms with Crippen molar-refractivity contribution in [1.82, 2.24) is 4.98 Å². The zero-order valence-corrected chi connectivity index (χ0v) is 11.9. The molecule has 0 aliphatic heterocycles. The van der Waals surface area contributed by atoms with Gasteiger partial charge >= 0.3 is 0 Å². The molecule has 3 aromatic carbocycles. The summed E-state index contributed by atoms with van der Waals surface area (Å²) in [6.07, 6.45) is 0. The second kappa shape index (κ2) is 5.08. The van der Waals surface area contributed by atoms with Crippen molar-refractivity contribution in [3.8, 4) is 0 Å². The predicted molar refractivity (Wildman–Crippen MR) is 89.1 cm³/mol. The minimum absolute atomic E-state index is 0.0374. The second-order valence-corrected chi connectivity index (χ2v) is 5.22. The third-order valence-electron chi connectivity index (χ3n) is 3.85. The van der Waals surface area contributed by atoms with E-state index in [-0.39, 0.29) is 5.78 Å². The van der Waals surface area contributed by atoms with E-state index in [1.54, 1.807) is 0 Å². The van der Waals surface area contributed by atoms with Crippen molar-refractivity contribution in [2.24, 2.45) is 0 Å². The van der Waals surface area contributed by atoms with E-state index in [2.05, 4.69) is 4.98 Å². The lowest BCUT2D eigenvalue weighted by atomic mass is 9.95. The Kier molecular flexibility index (Phi) is 2.94. The molecule has 4 rings (SSSR count). The second-order valence-electron chi connectivity index (χ2n) is 5.22. The average Bonchev–Trinajstić information content (AvgIpc) is 2.60. The highest BCUT2D eigenvalue weighted by atomic mass is 16.1. The lowest BCUT2D eigenvalue weighted by Crippen LogP contribution is -2.04. The van der Waals surface area contributed by atoms with Crippen LogP contribution in [0.3, 0.4) is 0 Å². The summed E-state index contributed by atoms with van der Waals surface area (Å²) in [5.41, 5.74) is 3.12. The van der Waals surface area contributed by atoms with Gasteiger partial charge in [0.2, 0.25) is 0 Å². The van der Waals surface area contributed by atoms with Crippen LogP contribution >= 0.6 is 0 Å². The summed E-state index contributed by atoms with van der Waals surface area (Å²) in [5, 5.41) is 1.80. The third kappa shape index (κ3) is 1.97. The summed E-state index contributed by atoms with van der Waals surface area (Å²) in [7, 11) is 0. The number of para-hydroxylation sites is 2. The number of hydrogen-bond acceptors (Lipinski definition) is 2. The predicted octanol–water partition coefficient (Wildman–Crippen LogP) is 4.62. The van der Waals surface area contributed by atoms with E-state index >= 15 is 0 Å². The molecule has 0 aliphatic rings. The zero-order chi connectivity index (χ0) is 14.9. The average molecular weight is 283 g/mol. The minimum atomic E-state index is 0.0374.